The zero-order valence-corrected chi connectivity index (χ0v) is 21.7. The molecule has 15 heteroatoms. The Balaban J connectivity index is 0.860. The van der Waals surface area contributed by atoms with Crippen LogP contribution in [0.15, 0.2) is 30.5 Å². The molecule has 0 radical (unpaired) electrons. The van der Waals surface area contributed by atoms with E-state index >= 15 is 0 Å². The van der Waals surface area contributed by atoms with Gasteiger partial charge in [0.25, 0.3) is 17.7 Å². The molecule has 4 N–H and O–H groups in total. The van der Waals surface area contributed by atoms with Gasteiger partial charge in [-0.1, -0.05) is 6.07 Å². The molecular formula is C27H21FN10O4. The molecule has 210 valence electrons. The van der Waals surface area contributed by atoms with Gasteiger partial charge in [-0.05, 0) is 69.0 Å². The number of hydrogen-bond acceptors (Lipinski definition) is 9. The van der Waals surface area contributed by atoms with Gasteiger partial charge >= 0.3 is 0 Å². The van der Waals surface area contributed by atoms with E-state index < -0.39 is 17.6 Å². The summed E-state index contributed by atoms with van der Waals surface area (Å²) in [5, 5.41) is 27.3. The number of hydrogen-bond donors (Lipinski definition) is 4. The lowest BCUT2D eigenvalue weighted by atomic mass is 8.92. The third-order valence-electron chi connectivity index (χ3n) is 11.2. The molecule has 11 rings (SSSR count). The fourth-order valence-corrected chi connectivity index (χ4v) is 9.97. The summed E-state index contributed by atoms with van der Waals surface area (Å²) < 4.78 is 21.1. The molecular weight excluding hydrogens is 547 g/mol. The lowest BCUT2D eigenvalue weighted by molar-refractivity contribution is -0.627. The minimum absolute atomic E-state index is 0.0313. The highest BCUT2D eigenvalue weighted by atomic mass is 19.1. The molecule has 14 nitrogen and oxygen atoms in total. The summed E-state index contributed by atoms with van der Waals surface area (Å²) in [5.74, 6) is 2.93. The number of H-pyrrole nitrogens is 1. The van der Waals surface area contributed by atoms with Crippen molar-refractivity contribution < 1.29 is 23.5 Å². The maximum atomic E-state index is 14.6. The number of nitrogens with zero attached hydrogens (tertiary/aromatic N) is 6. The SMILES string of the molecule is O=C1COc2ccc(CNC(=O)c3cc(C(=O)NCC45C6C7C4C4C5C6C74c4nnn[nH]4)n4ncc(F)c4n3)cc2N1. The van der Waals surface area contributed by atoms with E-state index in [0.29, 0.717) is 59.1 Å². The van der Waals surface area contributed by atoms with Crippen molar-refractivity contribution in [2.75, 3.05) is 18.5 Å². The number of anilines is 1. The van der Waals surface area contributed by atoms with Crippen molar-refractivity contribution in [2.45, 2.75) is 12.0 Å². The third-order valence-corrected chi connectivity index (χ3v) is 11.2. The molecule has 7 aliphatic rings. The second kappa shape index (κ2) is 7.09. The number of carbonyl (C=O) groups is 3. The van der Waals surface area contributed by atoms with Gasteiger partial charge in [0.05, 0.1) is 11.9 Å². The van der Waals surface area contributed by atoms with Crippen LogP contribution in [-0.4, -0.2) is 66.1 Å². The predicted octanol–water partition coefficient (Wildman–Crippen LogP) is 0.0618. The summed E-state index contributed by atoms with van der Waals surface area (Å²) in [6, 6.07) is 6.50. The fourth-order valence-electron chi connectivity index (χ4n) is 9.97. The van der Waals surface area contributed by atoms with E-state index in [9.17, 15) is 18.8 Å². The smallest absolute Gasteiger partial charge is 0.270 e. The standard InChI is InChI=1S/C27H21FN10O4/c28-10-6-31-38-13(4-12(33-22(10)38)23(40)29-5-9-1-2-14-11(3-9)32-15(39)7-42-14)24(41)30-8-26-16-19-17(26)21-18(26)20(16)27(19,21)25-34-36-37-35-25/h1-4,6,16-21H,5,7-8H2,(H,29,40)(H,30,41)(H,32,39)(H,34,35,36,37). The Morgan fingerprint density at radius 1 is 1.10 bits per heavy atom. The first-order valence-electron chi connectivity index (χ1n) is 13.8. The van der Waals surface area contributed by atoms with Gasteiger partial charge < -0.3 is 20.7 Å². The van der Waals surface area contributed by atoms with E-state index in [2.05, 4.69) is 46.7 Å². The Labute approximate surface area is 234 Å². The highest BCUT2D eigenvalue weighted by Crippen LogP contribution is 3.09. The molecule has 1 aliphatic heterocycles. The molecule has 0 saturated heterocycles. The van der Waals surface area contributed by atoms with E-state index in [1.54, 1.807) is 18.2 Å². The molecule has 3 aromatic heterocycles. The summed E-state index contributed by atoms with van der Waals surface area (Å²) in [4.78, 5) is 42.3. The number of nitrogens with one attached hydrogen (secondary N) is 4. The zero-order chi connectivity index (χ0) is 28.1. The number of amides is 3. The van der Waals surface area contributed by atoms with Crippen molar-refractivity contribution in [1.29, 1.82) is 0 Å². The Kier molecular flexibility index (Phi) is 3.83. The minimum atomic E-state index is -0.738. The van der Waals surface area contributed by atoms with Crippen LogP contribution >= 0.6 is 0 Å². The lowest BCUT2D eigenvalue weighted by Gasteiger charge is -3.11. The van der Waals surface area contributed by atoms with Crippen LogP contribution in [0.25, 0.3) is 5.65 Å². The number of tetrazole rings is 1. The van der Waals surface area contributed by atoms with Crippen LogP contribution in [-0.2, 0) is 16.8 Å². The quantitative estimate of drug-likeness (QED) is 0.240. The van der Waals surface area contributed by atoms with Crippen LogP contribution in [0.2, 0.25) is 0 Å². The van der Waals surface area contributed by atoms with Crippen LogP contribution in [0.1, 0.15) is 32.4 Å². The van der Waals surface area contributed by atoms with Crippen molar-refractivity contribution >= 4 is 29.1 Å². The van der Waals surface area contributed by atoms with Crippen LogP contribution in [0.5, 0.6) is 5.75 Å². The summed E-state index contributed by atoms with van der Waals surface area (Å²) in [5.41, 5.74) is 1.20. The first-order chi connectivity index (χ1) is 20.4. The van der Waals surface area contributed by atoms with E-state index in [-0.39, 0.29) is 46.9 Å². The largest absolute Gasteiger partial charge is 0.482 e. The van der Waals surface area contributed by atoms with E-state index in [4.69, 9.17) is 4.74 Å². The second-order valence-electron chi connectivity index (χ2n) is 12.2. The molecule has 42 heavy (non-hydrogen) atoms. The van der Waals surface area contributed by atoms with Gasteiger partial charge in [0, 0.05) is 24.6 Å². The van der Waals surface area contributed by atoms with E-state index in [1.165, 1.54) is 6.07 Å². The van der Waals surface area contributed by atoms with Crippen molar-refractivity contribution in [3.63, 3.8) is 0 Å². The van der Waals surface area contributed by atoms with Crippen LogP contribution in [0, 0.1) is 46.7 Å². The first-order valence-corrected chi connectivity index (χ1v) is 13.8. The summed E-state index contributed by atoms with van der Waals surface area (Å²) >= 11 is 0. The number of benzene rings is 1. The van der Waals surface area contributed by atoms with Crippen LogP contribution in [0.3, 0.4) is 0 Å². The average molecular weight is 569 g/mol. The number of carbonyl (C=O) groups excluding carboxylic acids is 3. The molecule has 0 spiro atoms. The molecule has 0 atom stereocenters. The fraction of sp³-hybridized carbons (Fsp3) is 0.407. The average Bonchev–Trinajstić information content (AvgIpc) is 3.68. The van der Waals surface area contributed by atoms with Gasteiger partial charge in [-0.25, -0.2) is 19.0 Å². The number of aromatic amines is 1. The van der Waals surface area contributed by atoms with E-state index in [1.807, 2.05) is 0 Å². The van der Waals surface area contributed by atoms with Crippen molar-refractivity contribution in [3.05, 3.63) is 59.1 Å². The predicted molar refractivity (Wildman–Crippen MR) is 136 cm³/mol. The molecule has 4 heterocycles. The maximum Gasteiger partial charge on any atom is 0.270 e. The third kappa shape index (κ3) is 2.26. The number of ether oxygens (including phenoxy) is 1. The zero-order valence-electron chi connectivity index (χ0n) is 21.7. The molecule has 1 aromatic carbocycles. The number of fused-ring (bicyclic) bond motifs is 2. The Hall–Kier alpha value is -4.95. The highest BCUT2D eigenvalue weighted by molar-refractivity contribution is 5.98. The number of halogens is 1. The lowest BCUT2D eigenvalue weighted by Crippen LogP contribution is -3.12. The Morgan fingerprint density at radius 3 is 2.67 bits per heavy atom. The van der Waals surface area contributed by atoms with Gasteiger partial charge in [0.2, 0.25) is 0 Å². The molecule has 3 amide bonds. The normalized spacial score (nSPS) is 34.7. The highest BCUT2D eigenvalue weighted by Gasteiger charge is 3.10. The first kappa shape index (κ1) is 22.7. The maximum absolute atomic E-state index is 14.6. The van der Waals surface area contributed by atoms with Gasteiger partial charge in [-0.15, -0.1) is 5.10 Å². The van der Waals surface area contributed by atoms with Gasteiger partial charge in [0.1, 0.15) is 17.1 Å². The molecule has 6 fully saturated rings. The van der Waals surface area contributed by atoms with Gasteiger partial charge in [-0.3, -0.25) is 14.4 Å². The van der Waals surface area contributed by atoms with Crippen LogP contribution < -0.4 is 20.7 Å². The van der Waals surface area contributed by atoms with Gasteiger partial charge in [-0.2, -0.15) is 5.10 Å². The summed E-state index contributed by atoms with van der Waals surface area (Å²) in [6.45, 7) is 0.596. The molecule has 4 aromatic rings. The molecule has 0 unspecified atom stereocenters. The minimum Gasteiger partial charge on any atom is -0.482 e. The number of aromatic nitrogens is 7. The second-order valence-corrected chi connectivity index (χ2v) is 12.2. The Morgan fingerprint density at radius 2 is 1.90 bits per heavy atom. The Bertz CT molecular complexity index is 1870. The summed E-state index contributed by atoms with van der Waals surface area (Å²) in [7, 11) is 0. The van der Waals surface area contributed by atoms with Crippen LogP contribution in [0.4, 0.5) is 10.1 Å². The summed E-state index contributed by atoms with van der Waals surface area (Å²) in [6.07, 6.45) is 0.973. The van der Waals surface area contributed by atoms with Crippen molar-refractivity contribution in [2.24, 2.45) is 40.9 Å². The van der Waals surface area contributed by atoms with Crippen molar-refractivity contribution in [1.82, 2.24) is 45.9 Å². The molecule has 6 saturated carbocycles. The van der Waals surface area contributed by atoms with Crippen molar-refractivity contribution in [3.8, 4) is 5.75 Å². The monoisotopic (exact) mass is 568 g/mol. The topological polar surface area (TPSA) is 181 Å². The van der Waals surface area contributed by atoms with Gasteiger partial charge in [0.15, 0.2) is 23.9 Å². The molecule has 0 bridgehead atoms. The van der Waals surface area contributed by atoms with E-state index in [0.717, 1.165) is 16.5 Å². The number of rotatable bonds is 7. The molecule has 6 aliphatic carbocycles.